The molecule has 1 atom stereocenters. The number of carboxylic acids is 1. The summed E-state index contributed by atoms with van der Waals surface area (Å²) in [6, 6.07) is 10.1. The zero-order valence-corrected chi connectivity index (χ0v) is 13.6. The van der Waals surface area contributed by atoms with Gasteiger partial charge in [0, 0.05) is 5.57 Å². The molecule has 1 aromatic carbocycles. The van der Waals surface area contributed by atoms with E-state index >= 15 is 0 Å². The summed E-state index contributed by atoms with van der Waals surface area (Å²) < 4.78 is 0. The van der Waals surface area contributed by atoms with Crippen molar-refractivity contribution >= 4 is 5.97 Å². The molecule has 0 saturated heterocycles. The van der Waals surface area contributed by atoms with Crippen LogP contribution in [0.2, 0.25) is 0 Å². The number of aliphatic carboxylic acids is 1. The second kappa shape index (κ2) is 8.02. The van der Waals surface area contributed by atoms with Crippen LogP contribution in [0.4, 0.5) is 0 Å². The molecule has 1 unspecified atom stereocenters. The van der Waals surface area contributed by atoms with Crippen LogP contribution >= 0.6 is 0 Å². The summed E-state index contributed by atoms with van der Waals surface area (Å²) in [6.07, 6.45) is 5.29. The Morgan fingerprint density at radius 3 is 2.38 bits per heavy atom. The monoisotopic (exact) mass is 288 g/mol. The maximum Gasteiger partial charge on any atom is 0.331 e. The van der Waals surface area contributed by atoms with Crippen molar-refractivity contribution in [3.63, 3.8) is 0 Å². The normalized spacial score (nSPS) is 12.9. The molecule has 0 aliphatic carbocycles. The summed E-state index contributed by atoms with van der Waals surface area (Å²) in [5, 5.41) is 9.37. The second-order valence-corrected chi connectivity index (χ2v) is 6.52. The first-order valence-corrected chi connectivity index (χ1v) is 7.84. The Balaban J connectivity index is 2.91. The Morgan fingerprint density at radius 2 is 1.86 bits per heavy atom. The van der Waals surface area contributed by atoms with Crippen molar-refractivity contribution in [1.82, 2.24) is 0 Å². The molecule has 0 saturated carbocycles. The Labute approximate surface area is 128 Å². The van der Waals surface area contributed by atoms with E-state index in [1.807, 2.05) is 18.2 Å². The van der Waals surface area contributed by atoms with Gasteiger partial charge in [0.05, 0.1) is 0 Å². The molecule has 1 N–H and O–H groups in total. The fourth-order valence-corrected chi connectivity index (χ4v) is 2.87. The first-order chi connectivity index (χ1) is 9.88. The number of unbranched alkanes of at least 4 members (excludes halogenated alkanes) is 2. The van der Waals surface area contributed by atoms with Crippen LogP contribution in [0.1, 0.15) is 52.0 Å². The van der Waals surface area contributed by atoms with Gasteiger partial charge in [-0.15, -0.1) is 0 Å². The highest BCUT2D eigenvalue weighted by Gasteiger charge is 2.33. The molecule has 0 aromatic heterocycles. The molecule has 2 heteroatoms. The summed E-state index contributed by atoms with van der Waals surface area (Å²) in [5.74, 6) is -0.909. The topological polar surface area (TPSA) is 37.3 Å². The molecule has 116 valence electrons. The molecule has 0 bridgehead atoms. The van der Waals surface area contributed by atoms with Gasteiger partial charge in [-0.3, -0.25) is 0 Å². The van der Waals surface area contributed by atoms with Gasteiger partial charge >= 0.3 is 5.97 Å². The first-order valence-electron chi connectivity index (χ1n) is 7.84. The first kappa shape index (κ1) is 17.5. The average Bonchev–Trinajstić information content (AvgIpc) is 2.45. The van der Waals surface area contributed by atoms with E-state index in [9.17, 15) is 9.90 Å². The van der Waals surface area contributed by atoms with Gasteiger partial charge in [0.1, 0.15) is 0 Å². The maximum atomic E-state index is 11.4. The fourth-order valence-electron chi connectivity index (χ4n) is 2.87. The zero-order valence-electron chi connectivity index (χ0n) is 13.6. The van der Waals surface area contributed by atoms with Crippen LogP contribution in [0, 0.1) is 11.3 Å². The molecule has 0 radical (unpaired) electrons. The second-order valence-electron chi connectivity index (χ2n) is 6.52. The molecule has 0 aliphatic heterocycles. The SMILES string of the molecule is C=C(C(=O)O)C(Cc1ccccc1)C(C)(C)CCCCC. The lowest BCUT2D eigenvalue weighted by atomic mass is 9.69. The standard InChI is InChI=1S/C19H28O2/c1-5-6-10-13-19(3,4)17(15(2)18(20)21)14-16-11-8-7-9-12-16/h7-9,11-12,17H,2,5-6,10,13-14H2,1,3-4H3,(H,20,21). The average molecular weight is 288 g/mol. The molecule has 0 spiro atoms. The van der Waals surface area contributed by atoms with Gasteiger partial charge in [0.15, 0.2) is 0 Å². The van der Waals surface area contributed by atoms with E-state index < -0.39 is 5.97 Å². The Bertz CT molecular complexity index is 460. The number of hydrogen-bond acceptors (Lipinski definition) is 1. The minimum absolute atomic E-state index is 0.0331. The third kappa shape index (κ3) is 5.37. The fraction of sp³-hybridized carbons (Fsp3) is 0.526. The molecule has 21 heavy (non-hydrogen) atoms. The minimum atomic E-state index is -0.875. The van der Waals surface area contributed by atoms with Gasteiger partial charge in [-0.05, 0) is 29.7 Å². The molecular formula is C19H28O2. The minimum Gasteiger partial charge on any atom is -0.478 e. The largest absolute Gasteiger partial charge is 0.478 e. The number of hydrogen-bond donors (Lipinski definition) is 1. The van der Waals surface area contributed by atoms with Crippen LogP contribution in [-0.4, -0.2) is 11.1 Å². The molecule has 2 nitrogen and oxygen atoms in total. The van der Waals surface area contributed by atoms with Crippen molar-refractivity contribution in [1.29, 1.82) is 0 Å². The van der Waals surface area contributed by atoms with Crippen LogP contribution in [0.25, 0.3) is 0 Å². The van der Waals surface area contributed by atoms with E-state index in [1.54, 1.807) is 0 Å². The number of benzene rings is 1. The predicted octanol–water partition coefficient (Wildman–Crippen LogP) is 5.09. The molecular weight excluding hydrogens is 260 g/mol. The Hall–Kier alpha value is -1.57. The Morgan fingerprint density at radius 1 is 1.24 bits per heavy atom. The third-order valence-corrected chi connectivity index (χ3v) is 4.35. The number of carboxylic acid groups (broad SMARTS) is 1. The summed E-state index contributed by atoms with van der Waals surface area (Å²) in [6.45, 7) is 10.4. The molecule has 0 fully saturated rings. The van der Waals surface area contributed by atoms with E-state index in [-0.39, 0.29) is 11.3 Å². The molecule has 1 aromatic rings. The quantitative estimate of drug-likeness (QED) is 0.507. The lowest BCUT2D eigenvalue weighted by Gasteiger charge is -2.35. The van der Waals surface area contributed by atoms with Crippen molar-refractivity contribution in [2.24, 2.45) is 11.3 Å². The van der Waals surface area contributed by atoms with Crippen LogP contribution in [-0.2, 0) is 11.2 Å². The highest BCUT2D eigenvalue weighted by Crippen LogP contribution is 2.39. The zero-order chi connectivity index (χ0) is 15.9. The molecule has 0 aliphatic rings. The number of carbonyl (C=O) groups is 1. The Kier molecular flexibility index (Phi) is 6.67. The van der Waals surface area contributed by atoms with E-state index in [1.165, 1.54) is 18.4 Å². The maximum absolute atomic E-state index is 11.4. The van der Waals surface area contributed by atoms with Gasteiger partial charge < -0.3 is 5.11 Å². The third-order valence-electron chi connectivity index (χ3n) is 4.35. The summed E-state index contributed by atoms with van der Waals surface area (Å²) in [5.41, 5.74) is 1.45. The van der Waals surface area contributed by atoms with Crippen LogP contribution in [0.5, 0.6) is 0 Å². The molecule has 0 heterocycles. The van der Waals surface area contributed by atoms with E-state index in [4.69, 9.17) is 0 Å². The van der Waals surface area contributed by atoms with Crippen molar-refractivity contribution in [2.75, 3.05) is 0 Å². The molecule has 1 rings (SSSR count). The summed E-state index contributed by atoms with van der Waals surface area (Å²) in [4.78, 5) is 11.4. The van der Waals surface area contributed by atoms with Crippen LogP contribution in [0.3, 0.4) is 0 Å². The number of rotatable bonds is 9. The van der Waals surface area contributed by atoms with Crippen LogP contribution in [0.15, 0.2) is 42.5 Å². The van der Waals surface area contributed by atoms with Gasteiger partial charge in [-0.2, -0.15) is 0 Å². The van der Waals surface area contributed by atoms with Gasteiger partial charge in [0.2, 0.25) is 0 Å². The van der Waals surface area contributed by atoms with Crippen molar-refractivity contribution in [3.8, 4) is 0 Å². The van der Waals surface area contributed by atoms with E-state index in [0.29, 0.717) is 5.57 Å². The van der Waals surface area contributed by atoms with Crippen molar-refractivity contribution in [3.05, 3.63) is 48.0 Å². The van der Waals surface area contributed by atoms with E-state index in [0.717, 1.165) is 19.3 Å². The predicted molar refractivity (Wildman–Crippen MR) is 88.3 cm³/mol. The highest BCUT2D eigenvalue weighted by molar-refractivity contribution is 5.86. The lowest BCUT2D eigenvalue weighted by molar-refractivity contribution is -0.133. The van der Waals surface area contributed by atoms with Gasteiger partial charge in [0.25, 0.3) is 0 Å². The smallest absolute Gasteiger partial charge is 0.331 e. The summed E-state index contributed by atoms with van der Waals surface area (Å²) >= 11 is 0. The van der Waals surface area contributed by atoms with Gasteiger partial charge in [-0.1, -0.05) is 76.9 Å². The van der Waals surface area contributed by atoms with Crippen molar-refractivity contribution in [2.45, 2.75) is 52.9 Å². The van der Waals surface area contributed by atoms with Crippen molar-refractivity contribution < 1.29 is 9.90 Å². The van der Waals surface area contributed by atoms with Crippen LogP contribution < -0.4 is 0 Å². The highest BCUT2D eigenvalue weighted by atomic mass is 16.4. The summed E-state index contributed by atoms with van der Waals surface area (Å²) in [7, 11) is 0. The van der Waals surface area contributed by atoms with E-state index in [2.05, 4.69) is 39.5 Å². The molecule has 0 amide bonds. The van der Waals surface area contributed by atoms with Gasteiger partial charge in [-0.25, -0.2) is 4.79 Å². The lowest BCUT2D eigenvalue weighted by Crippen LogP contribution is -2.30.